The number of Topliss-reactive ketones (excluding diaryl/α,β-unsaturated/α-hetero) is 1. The molecule has 0 spiro atoms. The van der Waals surface area contributed by atoms with E-state index in [0.717, 1.165) is 9.80 Å². The lowest BCUT2D eigenvalue weighted by molar-refractivity contribution is 0.101. The number of carbonyl (C=O) groups excluding carboxylic acids is 1. The van der Waals surface area contributed by atoms with E-state index in [9.17, 15) is 4.79 Å². The zero-order valence-corrected chi connectivity index (χ0v) is 10.9. The predicted molar refractivity (Wildman–Crippen MR) is 63.4 cm³/mol. The van der Waals surface area contributed by atoms with Crippen LogP contribution in [-0.2, 0) is 0 Å². The maximum Gasteiger partial charge on any atom is 0.163 e. The van der Waals surface area contributed by atoms with E-state index in [4.69, 9.17) is 4.74 Å². The van der Waals surface area contributed by atoms with Crippen molar-refractivity contribution in [3.8, 4) is 5.75 Å². The summed E-state index contributed by atoms with van der Waals surface area (Å²) in [5.41, 5.74) is 0.620. The van der Waals surface area contributed by atoms with Crippen molar-refractivity contribution < 1.29 is 9.53 Å². The SMILES string of the molecule is CC(=O)c1ccc(Br)cc1OCCBr. The molecule has 1 aromatic rings. The van der Waals surface area contributed by atoms with Gasteiger partial charge in [-0.05, 0) is 25.1 Å². The normalized spacial score (nSPS) is 9.93. The highest BCUT2D eigenvalue weighted by Crippen LogP contribution is 2.24. The van der Waals surface area contributed by atoms with Crippen molar-refractivity contribution >= 4 is 37.6 Å². The fourth-order valence-corrected chi connectivity index (χ4v) is 1.56. The second kappa shape index (κ2) is 5.51. The highest BCUT2D eigenvalue weighted by molar-refractivity contribution is 9.10. The van der Waals surface area contributed by atoms with Crippen LogP contribution in [0.25, 0.3) is 0 Å². The van der Waals surface area contributed by atoms with Crippen LogP contribution in [0, 0.1) is 0 Å². The van der Waals surface area contributed by atoms with Gasteiger partial charge in [-0.3, -0.25) is 4.79 Å². The zero-order chi connectivity index (χ0) is 10.6. The van der Waals surface area contributed by atoms with Gasteiger partial charge in [-0.15, -0.1) is 0 Å². The molecule has 0 unspecified atom stereocenters. The molecule has 1 aromatic carbocycles. The monoisotopic (exact) mass is 320 g/mol. The fraction of sp³-hybridized carbons (Fsp3) is 0.300. The van der Waals surface area contributed by atoms with Crippen LogP contribution in [0.5, 0.6) is 5.75 Å². The second-order valence-electron chi connectivity index (χ2n) is 2.73. The number of ketones is 1. The number of hydrogen-bond donors (Lipinski definition) is 0. The largest absolute Gasteiger partial charge is 0.492 e. The molecule has 0 aromatic heterocycles. The van der Waals surface area contributed by atoms with Gasteiger partial charge >= 0.3 is 0 Å². The molecule has 4 heteroatoms. The van der Waals surface area contributed by atoms with Crippen molar-refractivity contribution in [2.24, 2.45) is 0 Å². The van der Waals surface area contributed by atoms with Crippen LogP contribution >= 0.6 is 31.9 Å². The van der Waals surface area contributed by atoms with Crippen molar-refractivity contribution in [3.05, 3.63) is 28.2 Å². The maximum atomic E-state index is 11.2. The van der Waals surface area contributed by atoms with Crippen molar-refractivity contribution in [2.45, 2.75) is 6.92 Å². The molecule has 2 nitrogen and oxygen atoms in total. The van der Waals surface area contributed by atoms with Crippen molar-refractivity contribution in [2.75, 3.05) is 11.9 Å². The van der Waals surface area contributed by atoms with E-state index in [-0.39, 0.29) is 5.78 Å². The summed E-state index contributed by atoms with van der Waals surface area (Å²) in [6.45, 7) is 2.08. The number of benzene rings is 1. The molecule has 76 valence electrons. The van der Waals surface area contributed by atoms with Crippen molar-refractivity contribution in [3.63, 3.8) is 0 Å². The molecule has 0 heterocycles. The number of alkyl halides is 1. The third kappa shape index (κ3) is 3.10. The van der Waals surface area contributed by atoms with Crippen molar-refractivity contribution in [1.29, 1.82) is 0 Å². The minimum Gasteiger partial charge on any atom is -0.492 e. The summed E-state index contributed by atoms with van der Waals surface area (Å²) in [5, 5.41) is 0.747. The van der Waals surface area contributed by atoms with E-state index < -0.39 is 0 Å². The summed E-state index contributed by atoms with van der Waals surface area (Å²) in [7, 11) is 0. The van der Waals surface area contributed by atoms with E-state index in [2.05, 4.69) is 31.9 Å². The first-order valence-corrected chi connectivity index (χ1v) is 6.06. The summed E-state index contributed by atoms with van der Waals surface area (Å²) < 4.78 is 6.34. The molecule has 0 atom stereocenters. The van der Waals surface area contributed by atoms with Gasteiger partial charge in [0.25, 0.3) is 0 Å². The maximum absolute atomic E-state index is 11.2. The highest BCUT2D eigenvalue weighted by Gasteiger charge is 2.08. The highest BCUT2D eigenvalue weighted by atomic mass is 79.9. The van der Waals surface area contributed by atoms with E-state index >= 15 is 0 Å². The standard InChI is InChI=1S/C10H10Br2O2/c1-7(13)9-3-2-8(12)6-10(9)14-5-4-11/h2-3,6H,4-5H2,1H3. The van der Waals surface area contributed by atoms with Crippen LogP contribution in [0.3, 0.4) is 0 Å². The molecular weight excluding hydrogens is 312 g/mol. The molecule has 0 radical (unpaired) electrons. The van der Waals surface area contributed by atoms with Crippen LogP contribution in [-0.4, -0.2) is 17.7 Å². The second-order valence-corrected chi connectivity index (χ2v) is 4.44. The van der Waals surface area contributed by atoms with Gasteiger partial charge in [0, 0.05) is 9.80 Å². The molecule has 0 aliphatic rings. The zero-order valence-electron chi connectivity index (χ0n) is 7.72. The Labute approximate surface area is 99.9 Å². The number of hydrogen-bond acceptors (Lipinski definition) is 2. The first-order valence-electron chi connectivity index (χ1n) is 4.14. The molecule has 1 rings (SSSR count). The summed E-state index contributed by atoms with van der Waals surface area (Å²) in [4.78, 5) is 11.2. The predicted octanol–water partition coefficient (Wildman–Crippen LogP) is 3.43. The summed E-state index contributed by atoms with van der Waals surface area (Å²) in [6.07, 6.45) is 0. The van der Waals surface area contributed by atoms with Crippen LogP contribution < -0.4 is 4.74 Å². The summed E-state index contributed by atoms with van der Waals surface area (Å²) in [6, 6.07) is 5.40. The third-order valence-electron chi connectivity index (χ3n) is 1.66. The molecular formula is C10H10Br2O2. The molecule has 0 fully saturated rings. The lowest BCUT2D eigenvalue weighted by Gasteiger charge is -2.08. The number of rotatable bonds is 4. The van der Waals surface area contributed by atoms with Gasteiger partial charge in [0.15, 0.2) is 5.78 Å². The Morgan fingerprint density at radius 1 is 1.50 bits per heavy atom. The molecule has 0 saturated heterocycles. The van der Waals surface area contributed by atoms with Crippen molar-refractivity contribution in [1.82, 2.24) is 0 Å². The van der Waals surface area contributed by atoms with Crippen LogP contribution in [0.4, 0.5) is 0 Å². The minimum absolute atomic E-state index is 0.0158. The quantitative estimate of drug-likeness (QED) is 0.627. The summed E-state index contributed by atoms with van der Waals surface area (Å²) >= 11 is 6.60. The van der Waals surface area contributed by atoms with Gasteiger partial charge in [0.2, 0.25) is 0 Å². The van der Waals surface area contributed by atoms with Gasteiger partial charge in [-0.2, -0.15) is 0 Å². The Kier molecular flexibility index (Phi) is 4.62. The van der Waals surface area contributed by atoms with Crippen LogP contribution in [0.15, 0.2) is 22.7 Å². The number of carbonyl (C=O) groups is 1. The average Bonchev–Trinajstić information content (AvgIpc) is 2.14. The first-order chi connectivity index (χ1) is 6.65. The Balaban J connectivity index is 2.97. The van der Waals surface area contributed by atoms with Gasteiger partial charge in [0.05, 0.1) is 12.2 Å². The topological polar surface area (TPSA) is 26.3 Å². The van der Waals surface area contributed by atoms with E-state index in [0.29, 0.717) is 17.9 Å². The number of ether oxygens (including phenoxy) is 1. The van der Waals surface area contributed by atoms with Gasteiger partial charge in [-0.25, -0.2) is 0 Å². The Hall–Kier alpha value is -0.350. The van der Waals surface area contributed by atoms with E-state index in [1.165, 1.54) is 6.92 Å². The Morgan fingerprint density at radius 3 is 2.79 bits per heavy atom. The van der Waals surface area contributed by atoms with Crippen LogP contribution in [0.1, 0.15) is 17.3 Å². The fourth-order valence-electron chi connectivity index (χ4n) is 1.05. The van der Waals surface area contributed by atoms with Gasteiger partial charge < -0.3 is 4.74 Å². The van der Waals surface area contributed by atoms with Crippen LogP contribution in [0.2, 0.25) is 0 Å². The lowest BCUT2D eigenvalue weighted by atomic mass is 10.1. The molecule has 0 amide bonds. The van der Waals surface area contributed by atoms with Gasteiger partial charge in [-0.1, -0.05) is 31.9 Å². The van der Waals surface area contributed by atoms with Gasteiger partial charge in [0.1, 0.15) is 5.75 Å². The molecule has 14 heavy (non-hydrogen) atoms. The molecule has 0 aliphatic heterocycles. The Bertz CT molecular complexity index is 337. The minimum atomic E-state index is 0.0158. The average molecular weight is 322 g/mol. The van der Waals surface area contributed by atoms with E-state index in [1.807, 2.05) is 6.07 Å². The molecule has 0 N–H and O–H groups in total. The third-order valence-corrected chi connectivity index (χ3v) is 2.47. The summed E-state index contributed by atoms with van der Waals surface area (Å²) in [5.74, 6) is 0.647. The molecule has 0 bridgehead atoms. The van der Waals surface area contributed by atoms with E-state index in [1.54, 1.807) is 12.1 Å². The number of halogens is 2. The molecule has 0 saturated carbocycles. The first kappa shape index (κ1) is 11.7. The lowest BCUT2D eigenvalue weighted by Crippen LogP contribution is -2.03. The Morgan fingerprint density at radius 2 is 2.21 bits per heavy atom. The smallest absolute Gasteiger partial charge is 0.163 e. The molecule has 0 aliphatic carbocycles.